The van der Waals surface area contributed by atoms with Crippen molar-refractivity contribution in [3.8, 4) is 6.07 Å². The first-order valence-electron chi connectivity index (χ1n) is 4.44. The number of nitrogens with two attached hydrogens (primary N) is 1. The quantitative estimate of drug-likeness (QED) is 0.744. The predicted molar refractivity (Wildman–Crippen MR) is 61.3 cm³/mol. The molecule has 0 radical (unpaired) electrons. The Labute approximate surface area is 92.8 Å². The van der Waals surface area contributed by atoms with E-state index in [4.69, 9.17) is 11.0 Å². The van der Waals surface area contributed by atoms with E-state index in [9.17, 15) is 8.42 Å². The molecule has 1 aromatic carbocycles. The van der Waals surface area contributed by atoms with E-state index in [0.717, 1.165) is 10.2 Å². The van der Waals surface area contributed by atoms with E-state index >= 15 is 0 Å². The molecule has 0 unspecified atom stereocenters. The van der Waals surface area contributed by atoms with Crippen LogP contribution in [0.4, 0.5) is 5.69 Å². The van der Waals surface area contributed by atoms with Gasteiger partial charge in [0.2, 0.25) is 10.0 Å². The summed E-state index contributed by atoms with van der Waals surface area (Å²) in [5.74, 6) is 0. The summed E-state index contributed by atoms with van der Waals surface area (Å²) in [5, 5.41) is 9.48. The summed E-state index contributed by atoms with van der Waals surface area (Å²) in [6.07, 6.45) is 2.39. The average Bonchev–Trinajstić information content (AvgIpc) is 2.54. The van der Waals surface area contributed by atoms with Crippen LogP contribution < -0.4 is 5.73 Å². The van der Waals surface area contributed by atoms with E-state index < -0.39 is 10.0 Å². The van der Waals surface area contributed by atoms with E-state index in [-0.39, 0.29) is 0 Å². The Balaban J connectivity index is 2.97. The van der Waals surface area contributed by atoms with Gasteiger partial charge in [-0.1, -0.05) is 0 Å². The fourth-order valence-electron chi connectivity index (χ4n) is 1.58. The third kappa shape index (κ3) is 1.51. The Morgan fingerprint density at radius 3 is 2.69 bits per heavy atom. The molecular weight excluding hydrogens is 226 g/mol. The second-order valence-electron chi connectivity index (χ2n) is 3.49. The molecule has 16 heavy (non-hydrogen) atoms. The number of rotatable bonds is 1. The van der Waals surface area contributed by atoms with Crippen LogP contribution in [-0.2, 0) is 10.0 Å². The lowest BCUT2D eigenvalue weighted by Crippen LogP contribution is -2.08. The van der Waals surface area contributed by atoms with Crippen LogP contribution in [0.15, 0.2) is 24.4 Å². The van der Waals surface area contributed by atoms with Crippen LogP contribution in [0.1, 0.15) is 5.56 Å². The number of nitriles is 1. The molecule has 82 valence electrons. The summed E-state index contributed by atoms with van der Waals surface area (Å²) in [6, 6.07) is 6.77. The second kappa shape index (κ2) is 3.25. The monoisotopic (exact) mass is 235 g/mol. The van der Waals surface area contributed by atoms with Crippen LogP contribution in [0.3, 0.4) is 0 Å². The first-order chi connectivity index (χ1) is 7.43. The van der Waals surface area contributed by atoms with Gasteiger partial charge >= 0.3 is 0 Å². The third-order valence-corrected chi connectivity index (χ3v) is 3.29. The molecule has 0 saturated carbocycles. The first kappa shape index (κ1) is 10.5. The Morgan fingerprint density at radius 2 is 2.12 bits per heavy atom. The number of aromatic nitrogens is 1. The standard InChI is InChI=1S/C10H9N3O2S/c1-16(14,15)13-6-7(5-11)9-3-2-8(12)4-10(9)13/h2-4,6H,12H2,1H3. The number of fused-ring (bicyclic) bond motifs is 1. The smallest absolute Gasteiger partial charge is 0.236 e. The van der Waals surface area contributed by atoms with Gasteiger partial charge in [-0.25, -0.2) is 12.4 Å². The van der Waals surface area contributed by atoms with Crippen molar-refractivity contribution in [3.05, 3.63) is 30.0 Å². The zero-order valence-electron chi connectivity index (χ0n) is 8.51. The number of nitrogen functional groups attached to an aromatic ring is 1. The molecule has 2 rings (SSSR count). The molecule has 0 aliphatic heterocycles. The number of hydrogen-bond donors (Lipinski definition) is 1. The number of nitrogens with zero attached hydrogens (tertiary/aromatic N) is 2. The van der Waals surface area contributed by atoms with Gasteiger partial charge in [-0.3, -0.25) is 0 Å². The summed E-state index contributed by atoms with van der Waals surface area (Å²) < 4.78 is 24.1. The van der Waals surface area contributed by atoms with Crippen LogP contribution in [0, 0.1) is 11.3 Å². The number of benzene rings is 1. The summed E-state index contributed by atoms with van der Waals surface area (Å²) in [6.45, 7) is 0. The molecule has 5 nitrogen and oxygen atoms in total. The molecule has 6 heteroatoms. The highest BCUT2D eigenvalue weighted by Gasteiger charge is 2.14. The van der Waals surface area contributed by atoms with Crippen LogP contribution in [-0.4, -0.2) is 18.6 Å². The van der Waals surface area contributed by atoms with E-state index in [1.807, 2.05) is 6.07 Å². The maximum absolute atomic E-state index is 11.5. The molecule has 0 spiro atoms. The maximum atomic E-state index is 11.5. The Morgan fingerprint density at radius 1 is 1.44 bits per heavy atom. The molecule has 0 amide bonds. The van der Waals surface area contributed by atoms with E-state index in [1.165, 1.54) is 12.3 Å². The lowest BCUT2D eigenvalue weighted by atomic mass is 10.2. The van der Waals surface area contributed by atoms with Crippen LogP contribution in [0.25, 0.3) is 10.9 Å². The predicted octanol–water partition coefficient (Wildman–Crippen LogP) is 0.903. The van der Waals surface area contributed by atoms with Crippen molar-refractivity contribution >= 4 is 26.6 Å². The number of hydrogen-bond acceptors (Lipinski definition) is 4. The van der Waals surface area contributed by atoms with Crippen LogP contribution >= 0.6 is 0 Å². The largest absolute Gasteiger partial charge is 0.399 e. The maximum Gasteiger partial charge on any atom is 0.236 e. The Hall–Kier alpha value is -2.00. The van der Waals surface area contributed by atoms with Gasteiger partial charge in [-0.2, -0.15) is 5.26 Å². The summed E-state index contributed by atoms with van der Waals surface area (Å²) >= 11 is 0. The van der Waals surface area contributed by atoms with Crippen molar-refractivity contribution < 1.29 is 8.42 Å². The van der Waals surface area contributed by atoms with E-state index in [1.54, 1.807) is 12.1 Å². The Bertz CT molecular complexity index is 707. The SMILES string of the molecule is CS(=O)(=O)n1cc(C#N)c2ccc(N)cc21. The Kier molecular flexibility index (Phi) is 2.14. The van der Waals surface area contributed by atoms with Gasteiger partial charge in [-0.05, 0) is 18.2 Å². The van der Waals surface area contributed by atoms with Crippen molar-refractivity contribution in [3.63, 3.8) is 0 Å². The molecule has 1 aromatic heterocycles. The molecule has 1 heterocycles. The van der Waals surface area contributed by atoms with Crippen molar-refractivity contribution in [2.45, 2.75) is 0 Å². The minimum Gasteiger partial charge on any atom is -0.399 e. The zero-order chi connectivity index (χ0) is 11.9. The molecule has 0 atom stereocenters. The molecular formula is C10H9N3O2S. The molecule has 0 aliphatic rings. The lowest BCUT2D eigenvalue weighted by molar-refractivity contribution is 0.595. The minimum atomic E-state index is -3.43. The van der Waals surface area contributed by atoms with Crippen LogP contribution in [0.2, 0.25) is 0 Å². The fourth-order valence-corrected chi connectivity index (χ4v) is 2.38. The van der Waals surface area contributed by atoms with Gasteiger partial charge in [0.1, 0.15) is 6.07 Å². The van der Waals surface area contributed by atoms with E-state index in [0.29, 0.717) is 22.2 Å². The second-order valence-corrected chi connectivity index (χ2v) is 5.35. The highest BCUT2D eigenvalue weighted by Crippen LogP contribution is 2.24. The van der Waals surface area contributed by atoms with Crippen molar-refractivity contribution in [1.29, 1.82) is 5.26 Å². The molecule has 2 aromatic rings. The zero-order valence-corrected chi connectivity index (χ0v) is 9.32. The van der Waals surface area contributed by atoms with Gasteiger partial charge in [0, 0.05) is 17.3 Å². The number of anilines is 1. The average molecular weight is 235 g/mol. The van der Waals surface area contributed by atoms with Crippen LogP contribution in [0.5, 0.6) is 0 Å². The van der Waals surface area contributed by atoms with Gasteiger partial charge < -0.3 is 5.73 Å². The normalized spacial score (nSPS) is 11.5. The van der Waals surface area contributed by atoms with E-state index in [2.05, 4.69) is 0 Å². The van der Waals surface area contributed by atoms with Gasteiger partial charge in [-0.15, -0.1) is 0 Å². The molecule has 0 saturated heterocycles. The molecule has 0 aliphatic carbocycles. The first-order valence-corrected chi connectivity index (χ1v) is 6.29. The molecule has 0 fully saturated rings. The summed E-state index contributed by atoms with van der Waals surface area (Å²) in [7, 11) is -3.43. The highest BCUT2D eigenvalue weighted by atomic mass is 32.2. The third-order valence-electron chi connectivity index (χ3n) is 2.27. The highest BCUT2D eigenvalue weighted by molar-refractivity contribution is 7.89. The van der Waals surface area contributed by atoms with Gasteiger partial charge in [0.15, 0.2) is 0 Å². The summed E-state index contributed by atoms with van der Waals surface area (Å²) in [4.78, 5) is 0. The van der Waals surface area contributed by atoms with Crippen molar-refractivity contribution in [2.24, 2.45) is 0 Å². The summed E-state index contributed by atoms with van der Waals surface area (Å²) in [5.41, 5.74) is 6.80. The lowest BCUT2D eigenvalue weighted by Gasteiger charge is -2.01. The minimum absolute atomic E-state index is 0.320. The van der Waals surface area contributed by atoms with Gasteiger partial charge in [0.25, 0.3) is 0 Å². The molecule has 0 bridgehead atoms. The van der Waals surface area contributed by atoms with Crippen molar-refractivity contribution in [1.82, 2.24) is 3.97 Å². The van der Waals surface area contributed by atoms with Crippen molar-refractivity contribution in [2.75, 3.05) is 12.0 Å². The topological polar surface area (TPSA) is 88.9 Å². The molecule has 2 N–H and O–H groups in total. The fraction of sp³-hybridized carbons (Fsp3) is 0.100. The van der Waals surface area contributed by atoms with Gasteiger partial charge in [0.05, 0.1) is 17.3 Å².